The molecule has 0 aliphatic carbocycles. The van der Waals surface area contributed by atoms with Crippen LogP contribution in [0.1, 0.15) is 19.8 Å². The normalized spacial score (nSPS) is 12.0. The van der Waals surface area contributed by atoms with Gasteiger partial charge in [0.15, 0.2) is 11.6 Å². The zero-order valence-corrected chi connectivity index (χ0v) is 11.3. The van der Waals surface area contributed by atoms with Gasteiger partial charge in [-0.1, -0.05) is 12.1 Å². The zero-order valence-electron chi connectivity index (χ0n) is 11.3. The number of carbonyl (C=O) groups is 1. The van der Waals surface area contributed by atoms with Crippen molar-refractivity contribution in [2.24, 2.45) is 0 Å². The van der Waals surface area contributed by atoms with Crippen molar-refractivity contribution in [2.75, 3.05) is 20.2 Å². The van der Waals surface area contributed by atoms with E-state index < -0.39 is 11.9 Å². The number of halogens is 1. The minimum absolute atomic E-state index is 0.0574. The number of para-hydroxylation sites is 1. The lowest BCUT2D eigenvalue weighted by Crippen LogP contribution is -2.31. The van der Waals surface area contributed by atoms with Crippen molar-refractivity contribution in [2.45, 2.75) is 25.9 Å². The van der Waals surface area contributed by atoms with E-state index in [9.17, 15) is 9.18 Å². The number of rotatable bonds is 7. The predicted molar refractivity (Wildman–Crippen MR) is 70.4 cm³/mol. The second-order valence-corrected chi connectivity index (χ2v) is 4.48. The Balaban J connectivity index is 2.29. The lowest BCUT2D eigenvalue weighted by atomic mass is 10.2. The largest absolute Gasteiger partial charge is 0.489 e. The molecule has 1 amide bonds. The fourth-order valence-corrected chi connectivity index (χ4v) is 1.50. The first-order chi connectivity index (χ1) is 9.00. The number of amides is 1. The molecule has 19 heavy (non-hydrogen) atoms. The molecule has 0 saturated carbocycles. The van der Waals surface area contributed by atoms with Gasteiger partial charge in [0.25, 0.3) is 0 Å². The van der Waals surface area contributed by atoms with Crippen LogP contribution in [0.4, 0.5) is 4.39 Å². The van der Waals surface area contributed by atoms with Gasteiger partial charge in [-0.15, -0.1) is 0 Å². The number of aliphatic hydroxyl groups excluding tert-OH is 1. The summed E-state index contributed by atoms with van der Waals surface area (Å²) < 4.78 is 18.5. The van der Waals surface area contributed by atoms with E-state index in [0.717, 1.165) is 0 Å². The molecule has 1 atom stereocenters. The maximum Gasteiger partial charge on any atom is 0.222 e. The monoisotopic (exact) mass is 269 g/mol. The van der Waals surface area contributed by atoms with Crippen molar-refractivity contribution in [1.29, 1.82) is 0 Å². The Morgan fingerprint density at radius 1 is 1.47 bits per heavy atom. The first-order valence-corrected chi connectivity index (χ1v) is 6.30. The van der Waals surface area contributed by atoms with Gasteiger partial charge in [-0.05, 0) is 25.5 Å². The van der Waals surface area contributed by atoms with Crippen LogP contribution in [0.25, 0.3) is 0 Å². The molecular formula is C14H20FNO3. The summed E-state index contributed by atoms with van der Waals surface area (Å²) in [6.45, 7) is 2.26. The van der Waals surface area contributed by atoms with E-state index in [1.807, 2.05) is 0 Å². The number of hydrogen-bond donors (Lipinski definition) is 1. The number of likely N-dealkylation sites (N-methyl/N-ethyl adjacent to an activating group) is 1. The highest BCUT2D eigenvalue weighted by molar-refractivity contribution is 5.75. The molecule has 1 aromatic carbocycles. The number of carbonyl (C=O) groups excluding carboxylic acids is 1. The summed E-state index contributed by atoms with van der Waals surface area (Å²) in [7, 11) is 1.66. The molecule has 1 rings (SSSR count). The molecule has 1 N–H and O–H groups in total. The number of aliphatic hydroxyl groups is 1. The quantitative estimate of drug-likeness (QED) is 0.821. The van der Waals surface area contributed by atoms with Gasteiger partial charge in [-0.2, -0.15) is 0 Å². The summed E-state index contributed by atoms with van der Waals surface area (Å²) in [4.78, 5) is 13.2. The highest BCUT2D eigenvalue weighted by atomic mass is 19.1. The van der Waals surface area contributed by atoms with Crippen LogP contribution in [-0.2, 0) is 4.79 Å². The third kappa shape index (κ3) is 5.70. The molecule has 106 valence electrons. The second-order valence-electron chi connectivity index (χ2n) is 4.48. The lowest BCUT2D eigenvalue weighted by molar-refractivity contribution is -0.130. The van der Waals surface area contributed by atoms with Crippen molar-refractivity contribution in [3.8, 4) is 5.75 Å². The minimum Gasteiger partial charge on any atom is -0.489 e. The molecule has 0 fully saturated rings. The average Bonchev–Trinajstić information content (AvgIpc) is 2.38. The summed E-state index contributed by atoms with van der Waals surface area (Å²) in [5, 5.41) is 9.10. The smallest absolute Gasteiger partial charge is 0.222 e. The summed E-state index contributed by atoms with van der Waals surface area (Å²) in [6, 6.07) is 6.15. The van der Waals surface area contributed by atoms with Gasteiger partial charge >= 0.3 is 0 Å². The molecule has 0 aromatic heterocycles. The van der Waals surface area contributed by atoms with Crippen LogP contribution in [0.15, 0.2) is 24.3 Å². The molecular weight excluding hydrogens is 249 g/mol. The van der Waals surface area contributed by atoms with Crippen LogP contribution in [0, 0.1) is 5.82 Å². The summed E-state index contributed by atoms with van der Waals surface area (Å²) in [5.74, 6) is -0.282. The second kappa shape index (κ2) is 7.74. The summed E-state index contributed by atoms with van der Waals surface area (Å²) in [5.41, 5.74) is 0. The van der Waals surface area contributed by atoms with Crippen molar-refractivity contribution in [1.82, 2.24) is 4.90 Å². The molecule has 1 aromatic rings. The predicted octanol–water partition coefficient (Wildman–Crippen LogP) is 1.82. The fourth-order valence-electron chi connectivity index (χ4n) is 1.50. The summed E-state index contributed by atoms with van der Waals surface area (Å²) in [6.07, 6.45) is 0.262. The van der Waals surface area contributed by atoms with Crippen LogP contribution in [0.3, 0.4) is 0 Å². The Bertz CT molecular complexity index is 409. The first kappa shape index (κ1) is 15.4. The van der Waals surface area contributed by atoms with Gasteiger partial charge in [-0.3, -0.25) is 4.79 Å². The number of nitrogens with zero attached hydrogens (tertiary/aromatic N) is 1. The highest BCUT2D eigenvalue weighted by Gasteiger charge is 2.10. The fraction of sp³-hybridized carbons (Fsp3) is 0.500. The molecule has 0 radical (unpaired) electrons. The Labute approximate surface area is 112 Å². The number of hydrogen-bond acceptors (Lipinski definition) is 3. The Morgan fingerprint density at radius 3 is 2.79 bits per heavy atom. The summed E-state index contributed by atoms with van der Waals surface area (Å²) >= 11 is 0. The Kier molecular flexibility index (Phi) is 6.29. The van der Waals surface area contributed by atoms with Crippen molar-refractivity contribution >= 4 is 5.91 Å². The number of benzene rings is 1. The topological polar surface area (TPSA) is 49.8 Å². The van der Waals surface area contributed by atoms with E-state index >= 15 is 0 Å². The molecule has 4 nitrogen and oxygen atoms in total. The van der Waals surface area contributed by atoms with E-state index in [1.165, 1.54) is 11.0 Å². The third-order valence-electron chi connectivity index (χ3n) is 2.72. The van der Waals surface area contributed by atoms with Crippen LogP contribution in [0.5, 0.6) is 5.75 Å². The molecule has 0 heterocycles. The standard InChI is InChI=1S/C14H20FNO3/c1-11(17)7-8-14(18)16(2)9-10-19-13-6-4-3-5-12(13)15/h3-6,11,17H,7-10H2,1-2H3. The van der Waals surface area contributed by atoms with Crippen molar-refractivity contribution < 1.29 is 19.0 Å². The van der Waals surface area contributed by atoms with Gasteiger partial charge in [0, 0.05) is 13.5 Å². The molecule has 0 aliphatic heterocycles. The van der Waals surface area contributed by atoms with Gasteiger partial charge in [0.05, 0.1) is 12.6 Å². The van der Waals surface area contributed by atoms with Gasteiger partial charge in [-0.25, -0.2) is 4.39 Å². The van der Waals surface area contributed by atoms with Crippen molar-refractivity contribution in [3.63, 3.8) is 0 Å². The Hall–Kier alpha value is -1.62. The maximum atomic E-state index is 13.2. The van der Waals surface area contributed by atoms with E-state index in [0.29, 0.717) is 19.4 Å². The Morgan fingerprint density at radius 2 is 2.16 bits per heavy atom. The molecule has 0 spiro atoms. The third-order valence-corrected chi connectivity index (χ3v) is 2.72. The van der Waals surface area contributed by atoms with Gasteiger partial charge in [0.1, 0.15) is 6.61 Å². The first-order valence-electron chi connectivity index (χ1n) is 6.30. The minimum atomic E-state index is -0.480. The molecule has 1 unspecified atom stereocenters. The number of ether oxygens (including phenoxy) is 1. The van der Waals surface area contributed by atoms with E-state index in [2.05, 4.69) is 0 Å². The van der Waals surface area contributed by atoms with E-state index in [4.69, 9.17) is 9.84 Å². The lowest BCUT2D eigenvalue weighted by Gasteiger charge is -2.18. The van der Waals surface area contributed by atoms with Crippen LogP contribution >= 0.6 is 0 Å². The van der Waals surface area contributed by atoms with Gasteiger partial charge < -0.3 is 14.7 Å². The van der Waals surface area contributed by atoms with E-state index in [-0.39, 0.29) is 18.3 Å². The molecule has 5 heteroatoms. The zero-order chi connectivity index (χ0) is 14.3. The van der Waals surface area contributed by atoms with Crippen LogP contribution in [0.2, 0.25) is 0 Å². The van der Waals surface area contributed by atoms with Gasteiger partial charge in [0.2, 0.25) is 5.91 Å². The average molecular weight is 269 g/mol. The maximum absolute atomic E-state index is 13.2. The SMILES string of the molecule is CC(O)CCC(=O)N(C)CCOc1ccccc1F. The highest BCUT2D eigenvalue weighted by Crippen LogP contribution is 2.15. The molecule has 0 bridgehead atoms. The molecule has 0 saturated heterocycles. The van der Waals surface area contributed by atoms with Crippen LogP contribution < -0.4 is 4.74 Å². The molecule has 0 aliphatic rings. The van der Waals surface area contributed by atoms with Crippen LogP contribution in [-0.4, -0.2) is 42.2 Å². The van der Waals surface area contributed by atoms with E-state index in [1.54, 1.807) is 32.2 Å². The van der Waals surface area contributed by atoms with Crippen molar-refractivity contribution in [3.05, 3.63) is 30.1 Å².